The Balaban J connectivity index is 1.63. The predicted molar refractivity (Wildman–Crippen MR) is 123 cm³/mol. The topological polar surface area (TPSA) is 86.1 Å². The number of nitrogens with one attached hydrogen (secondary N) is 1. The summed E-state index contributed by atoms with van der Waals surface area (Å²) in [6, 6.07) is 15.0. The fourth-order valence-electron chi connectivity index (χ4n) is 3.33. The van der Waals surface area contributed by atoms with Crippen LogP contribution in [-0.2, 0) is 16.6 Å². The number of fused-ring (bicyclic) bond motifs is 1. The largest absolute Gasteiger partial charge is 0.444 e. The van der Waals surface area contributed by atoms with E-state index in [4.69, 9.17) is 27.9 Å². The molecular weight excluding hydrogens is 451 g/mol. The molecule has 7 nitrogen and oxygen atoms in total. The smallest absolute Gasteiger partial charge is 0.340 e. The van der Waals surface area contributed by atoms with E-state index in [2.05, 4.69) is 15.4 Å². The van der Waals surface area contributed by atoms with Crippen molar-refractivity contribution in [1.29, 1.82) is 0 Å². The highest BCUT2D eigenvalue weighted by molar-refractivity contribution is 6.35. The van der Waals surface area contributed by atoms with Crippen LogP contribution in [0.5, 0.6) is 0 Å². The van der Waals surface area contributed by atoms with Gasteiger partial charge in [-0.3, -0.25) is 9.48 Å². The Morgan fingerprint density at radius 2 is 1.75 bits per heavy atom. The zero-order valence-corrected chi connectivity index (χ0v) is 18.7. The molecule has 0 aliphatic heterocycles. The zero-order valence-electron chi connectivity index (χ0n) is 17.2. The first-order chi connectivity index (χ1) is 15.3. The van der Waals surface area contributed by atoms with Crippen molar-refractivity contribution in [3.8, 4) is 0 Å². The lowest BCUT2D eigenvalue weighted by atomic mass is 10.1. The third kappa shape index (κ3) is 4.59. The zero-order chi connectivity index (χ0) is 22.8. The third-order valence-corrected chi connectivity index (χ3v) is 5.23. The van der Waals surface area contributed by atoms with Crippen LogP contribution in [0.25, 0.3) is 11.0 Å². The van der Waals surface area contributed by atoms with Crippen molar-refractivity contribution in [1.82, 2.24) is 14.8 Å². The standard InChI is InChI=1S/C23H18Cl2N4O3/c1-13-19-8-15(12-26-21(19)29(2)28-13)23(31)32-20(14-6-4-3-5-7-14)22(30)27-18-10-16(24)9-17(25)11-18/h3-12,20H,1-2H3,(H,27,30). The minimum absolute atomic E-state index is 0.216. The second-order valence-electron chi connectivity index (χ2n) is 7.15. The number of hydrogen-bond acceptors (Lipinski definition) is 5. The van der Waals surface area contributed by atoms with E-state index in [9.17, 15) is 9.59 Å². The van der Waals surface area contributed by atoms with Gasteiger partial charge in [0.2, 0.25) is 6.10 Å². The molecule has 2 aromatic heterocycles. The van der Waals surface area contributed by atoms with Gasteiger partial charge in [0.15, 0.2) is 5.65 Å². The number of ether oxygens (including phenoxy) is 1. The van der Waals surface area contributed by atoms with E-state index in [1.807, 2.05) is 6.92 Å². The first-order valence-corrected chi connectivity index (χ1v) is 10.4. The number of carbonyl (C=O) groups excluding carboxylic acids is 2. The van der Waals surface area contributed by atoms with Crippen molar-refractivity contribution >= 4 is 51.8 Å². The Morgan fingerprint density at radius 3 is 2.44 bits per heavy atom. The molecule has 4 aromatic rings. The maximum atomic E-state index is 13.1. The van der Waals surface area contributed by atoms with Crippen LogP contribution < -0.4 is 5.32 Å². The van der Waals surface area contributed by atoms with Crippen molar-refractivity contribution in [2.45, 2.75) is 13.0 Å². The maximum absolute atomic E-state index is 13.1. The Labute approximate surface area is 193 Å². The summed E-state index contributed by atoms with van der Waals surface area (Å²) in [5, 5.41) is 8.48. The molecular formula is C23H18Cl2N4O3. The van der Waals surface area contributed by atoms with Crippen molar-refractivity contribution in [2.75, 3.05) is 5.32 Å². The molecule has 0 spiro atoms. The van der Waals surface area contributed by atoms with Gasteiger partial charge in [-0.25, -0.2) is 9.78 Å². The highest BCUT2D eigenvalue weighted by Crippen LogP contribution is 2.26. The number of nitrogens with zero attached hydrogens (tertiary/aromatic N) is 3. The van der Waals surface area contributed by atoms with Gasteiger partial charge in [-0.05, 0) is 31.2 Å². The van der Waals surface area contributed by atoms with Crippen molar-refractivity contribution in [3.05, 3.63) is 87.7 Å². The number of rotatable bonds is 5. The van der Waals surface area contributed by atoms with E-state index in [-0.39, 0.29) is 5.56 Å². The summed E-state index contributed by atoms with van der Waals surface area (Å²) in [6.45, 7) is 1.83. The number of aryl methyl sites for hydroxylation is 2. The van der Waals surface area contributed by atoms with Gasteiger partial charge in [-0.15, -0.1) is 0 Å². The predicted octanol–water partition coefficient (Wildman–Crippen LogP) is 5.12. The lowest BCUT2D eigenvalue weighted by molar-refractivity contribution is -0.125. The SMILES string of the molecule is Cc1nn(C)c2ncc(C(=O)OC(C(=O)Nc3cc(Cl)cc(Cl)c3)c3ccccc3)cc12. The number of pyridine rings is 1. The normalized spacial score (nSPS) is 11.9. The molecule has 1 N–H and O–H groups in total. The number of halogens is 2. The highest BCUT2D eigenvalue weighted by atomic mass is 35.5. The van der Waals surface area contributed by atoms with E-state index in [0.29, 0.717) is 26.9 Å². The average molecular weight is 469 g/mol. The average Bonchev–Trinajstić information content (AvgIpc) is 3.04. The summed E-state index contributed by atoms with van der Waals surface area (Å²) in [4.78, 5) is 30.3. The monoisotopic (exact) mass is 468 g/mol. The fourth-order valence-corrected chi connectivity index (χ4v) is 3.86. The second-order valence-corrected chi connectivity index (χ2v) is 8.02. The molecule has 32 heavy (non-hydrogen) atoms. The van der Waals surface area contributed by atoms with Crippen molar-refractivity contribution < 1.29 is 14.3 Å². The van der Waals surface area contributed by atoms with Crippen molar-refractivity contribution in [2.24, 2.45) is 7.05 Å². The van der Waals surface area contributed by atoms with Gasteiger partial charge < -0.3 is 10.1 Å². The molecule has 4 rings (SSSR count). The minimum atomic E-state index is -1.20. The van der Waals surface area contributed by atoms with Crippen LogP contribution in [0.2, 0.25) is 10.0 Å². The molecule has 162 valence electrons. The van der Waals surface area contributed by atoms with Gasteiger partial charge in [0.25, 0.3) is 5.91 Å². The van der Waals surface area contributed by atoms with E-state index in [1.54, 1.807) is 66.3 Å². The first kappa shape index (κ1) is 21.8. The van der Waals surface area contributed by atoms with E-state index < -0.39 is 18.0 Å². The summed E-state index contributed by atoms with van der Waals surface area (Å²) >= 11 is 12.0. The van der Waals surface area contributed by atoms with Gasteiger partial charge in [0.05, 0.1) is 11.3 Å². The number of amides is 1. The summed E-state index contributed by atoms with van der Waals surface area (Å²) in [5.74, 6) is -1.23. The molecule has 0 bridgehead atoms. The van der Waals surface area contributed by atoms with Gasteiger partial charge in [0, 0.05) is 39.9 Å². The lowest BCUT2D eigenvalue weighted by Crippen LogP contribution is -2.26. The van der Waals surface area contributed by atoms with Crippen molar-refractivity contribution in [3.63, 3.8) is 0 Å². The van der Waals surface area contributed by atoms with Crippen LogP contribution >= 0.6 is 23.2 Å². The number of anilines is 1. The fraction of sp³-hybridized carbons (Fsp3) is 0.130. The Hall–Kier alpha value is -3.42. The molecule has 0 aliphatic carbocycles. The summed E-state index contributed by atoms with van der Waals surface area (Å²) in [5.41, 5.74) is 2.50. The molecule has 1 unspecified atom stereocenters. The maximum Gasteiger partial charge on any atom is 0.340 e. The molecule has 0 radical (unpaired) electrons. The van der Waals surface area contributed by atoms with Gasteiger partial charge >= 0.3 is 5.97 Å². The van der Waals surface area contributed by atoms with Crippen LogP contribution in [0.15, 0.2) is 60.8 Å². The quantitative estimate of drug-likeness (QED) is 0.410. The van der Waals surface area contributed by atoms with E-state index >= 15 is 0 Å². The Kier molecular flexibility index (Phi) is 6.12. The number of esters is 1. The van der Waals surface area contributed by atoms with E-state index in [0.717, 1.165) is 11.1 Å². The van der Waals surface area contributed by atoms with E-state index in [1.165, 1.54) is 6.20 Å². The molecule has 0 aliphatic rings. The number of aromatic nitrogens is 3. The number of carbonyl (C=O) groups is 2. The van der Waals surface area contributed by atoms with Crippen LogP contribution in [0.1, 0.15) is 27.7 Å². The second kappa shape index (κ2) is 8.98. The molecule has 9 heteroatoms. The first-order valence-electron chi connectivity index (χ1n) is 9.64. The number of hydrogen-bond donors (Lipinski definition) is 1. The third-order valence-electron chi connectivity index (χ3n) is 4.79. The van der Waals surface area contributed by atoms with Gasteiger partial charge in [-0.1, -0.05) is 53.5 Å². The van der Waals surface area contributed by atoms with Crippen LogP contribution in [0.3, 0.4) is 0 Å². The lowest BCUT2D eigenvalue weighted by Gasteiger charge is -2.18. The summed E-state index contributed by atoms with van der Waals surface area (Å²) in [6.07, 6.45) is 0.204. The summed E-state index contributed by atoms with van der Waals surface area (Å²) < 4.78 is 7.26. The van der Waals surface area contributed by atoms with Crippen LogP contribution in [0.4, 0.5) is 5.69 Å². The van der Waals surface area contributed by atoms with Gasteiger partial charge in [0.1, 0.15) is 0 Å². The molecule has 0 saturated heterocycles. The minimum Gasteiger partial charge on any atom is -0.444 e. The molecule has 1 atom stereocenters. The Bertz CT molecular complexity index is 1300. The van der Waals surface area contributed by atoms with Gasteiger partial charge in [-0.2, -0.15) is 5.10 Å². The highest BCUT2D eigenvalue weighted by Gasteiger charge is 2.26. The molecule has 0 saturated carbocycles. The number of benzene rings is 2. The van der Waals surface area contributed by atoms with Crippen LogP contribution in [0, 0.1) is 6.92 Å². The molecule has 0 fully saturated rings. The van der Waals surface area contributed by atoms with Crippen LogP contribution in [-0.4, -0.2) is 26.6 Å². The molecule has 2 aromatic carbocycles. The molecule has 1 amide bonds. The molecule has 2 heterocycles. The summed E-state index contributed by atoms with van der Waals surface area (Å²) in [7, 11) is 1.78. The Morgan fingerprint density at radius 1 is 1.06 bits per heavy atom.